The van der Waals surface area contributed by atoms with Gasteiger partial charge in [-0.1, -0.05) is 30.3 Å². The van der Waals surface area contributed by atoms with Gasteiger partial charge in [-0.15, -0.1) is 4.52 Å². The Morgan fingerprint density at radius 1 is 1.21 bits per heavy atom. The summed E-state index contributed by atoms with van der Waals surface area (Å²) in [5.41, 5.74) is 1.05. The van der Waals surface area contributed by atoms with Crippen LogP contribution in [0.25, 0.3) is 0 Å². The van der Waals surface area contributed by atoms with E-state index in [1.165, 1.54) is 0 Å². The van der Waals surface area contributed by atoms with Crippen LogP contribution in [0.5, 0.6) is 0 Å². The van der Waals surface area contributed by atoms with E-state index in [-0.39, 0.29) is 13.2 Å². The molecule has 14 heavy (non-hydrogen) atoms. The molecule has 0 aliphatic rings. The summed E-state index contributed by atoms with van der Waals surface area (Å²) < 4.78 is 19.5. The highest BCUT2D eigenvalue weighted by molar-refractivity contribution is 7.30. The third-order valence-corrected chi connectivity index (χ3v) is 1.93. The molecule has 1 aromatic carbocycles. The Morgan fingerprint density at radius 2 is 1.93 bits per heavy atom. The van der Waals surface area contributed by atoms with Gasteiger partial charge < -0.3 is 9.63 Å². The van der Waals surface area contributed by atoms with E-state index >= 15 is 0 Å². The first kappa shape index (κ1) is 11.3. The quantitative estimate of drug-likeness (QED) is 0.528. The summed E-state index contributed by atoms with van der Waals surface area (Å²) >= 11 is 0. The molecule has 0 saturated carbocycles. The molecule has 1 rings (SSSR count). The summed E-state index contributed by atoms with van der Waals surface area (Å²) in [4.78, 5) is 9.99. The number of benzene rings is 1. The van der Waals surface area contributed by atoms with E-state index in [4.69, 9.17) is 4.74 Å². The van der Waals surface area contributed by atoms with Crippen molar-refractivity contribution < 1.29 is 18.7 Å². The predicted octanol–water partition coefficient (Wildman–Crippen LogP) is 1.24. The first-order valence-electron chi connectivity index (χ1n) is 4.18. The van der Waals surface area contributed by atoms with Gasteiger partial charge >= 0.3 is 8.25 Å². The second-order valence-corrected chi connectivity index (χ2v) is 3.30. The first-order valence-corrected chi connectivity index (χ1v) is 5.27. The Labute approximate surface area is 83.4 Å². The normalized spacial score (nSPS) is 11.4. The fourth-order valence-corrected chi connectivity index (χ4v) is 1.16. The van der Waals surface area contributed by atoms with Crippen molar-refractivity contribution in [2.24, 2.45) is 0 Å². The molecule has 0 fully saturated rings. The van der Waals surface area contributed by atoms with Gasteiger partial charge in [-0.3, -0.25) is 0 Å². The summed E-state index contributed by atoms with van der Waals surface area (Å²) in [5.74, 6) is 0. The number of rotatable bonds is 6. The van der Waals surface area contributed by atoms with Crippen LogP contribution >= 0.6 is 8.25 Å². The van der Waals surface area contributed by atoms with E-state index in [0.29, 0.717) is 6.61 Å². The summed E-state index contributed by atoms with van der Waals surface area (Å²) in [6, 6.07) is 9.64. The molecular formula is C9H11O4P. The number of ether oxygens (including phenoxy) is 1. The summed E-state index contributed by atoms with van der Waals surface area (Å²) in [7, 11) is -2.75. The summed E-state index contributed by atoms with van der Waals surface area (Å²) in [5, 5.41) is 0. The average Bonchev–Trinajstić information content (AvgIpc) is 2.18. The molecule has 1 unspecified atom stereocenters. The molecule has 0 bridgehead atoms. The summed E-state index contributed by atoms with van der Waals surface area (Å²) in [6.45, 7) is 0.823. The van der Waals surface area contributed by atoms with Crippen molar-refractivity contribution in [3.8, 4) is 0 Å². The molecule has 0 heterocycles. The van der Waals surface area contributed by atoms with E-state index in [0.717, 1.165) is 5.56 Å². The maximum Gasteiger partial charge on any atom is 0.488 e. The van der Waals surface area contributed by atoms with Crippen LogP contribution in [0.15, 0.2) is 30.3 Å². The van der Waals surface area contributed by atoms with Crippen molar-refractivity contribution in [2.75, 3.05) is 13.2 Å². The first-order chi connectivity index (χ1) is 6.79. The van der Waals surface area contributed by atoms with E-state index in [2.05, 4.69) is 4.52 Å². The highest BCUT2D eigenvalue weighted by atomic mass is 31.1. The van der Waals surface area contributed by atoms with E-state index in [1.54, 1.807) is 0 Å². The van der Waals surface area contributed by atoms with Crippen LogP contribution in [0, 0.1) is 0 Å². The minimum Gasteiger partial charge on any atom is -0.566 e. The van der Waals surface area contributed by atoms with Crippen molar-refractivity contribution in [3.63, 3.8) is 0 Å². The maximum absolute atomic E-state index is 9.99. The fourth-order valence-electron chi connectivity index (χ4n) is 0.935. The fraction of sp³-hybridized carbons (Fsp3) is 0.333. The SMILES string of the molecule is O=[P+]([O-])OCCOCc1ccccc1. The van der Waals surface area contributed by atoms with Crippen LogP contribution in [-0.2, 0) is 20.4 Å². The van der Waals surface area contributed by atoms with Gasteiger partial charge in [0.2, 0.25) is 0 Å². The van der Waals surface area contributed by atoms with E-state index in [1.807, 2.05) is 30.3 Å². The molecule has 0 aromatic heterocycles. The van der Waals surface area contributed by atoms with Gasteiger partial charge in [0.1, 0.15) is 6.61 Å². The number of hydrogen-bond donors (Lipinski definition) is 0. The lowest BCUT2D eigenvalue weighted by Crippen LogP contribution is -2.03. The van der Waals surface area contributed by atoms with Gasteiger partial charge in [0.05, 0.1) is 13.2 Å². The lowest BCUT2D eigenvalue weighted by molar-refractivity contribution is -0.186. The minimum absolute atomic E-state index is 0.0749. The molecule has 0 saturated heterocycles. The number of hydrogen-bond acceptors (Lipinski definition) is 4. The lowest BCUT2D eigenvalue weighted by Gasteiger charge is -2.01. The molecule has 0 amide bonds. The highest BCUT2D eigenvalue weighted by Gasteiger charge is 1.99. The molecule has 1 aromatic rings. The zero-order valence-electron chi connectivity index (χ0n) is 7.59. The Hall–Kier alpha value is -0.800. The third kappa shape index (κ3) is 5.04. The molecule has 5 heteroatoms. The zero-order chi connectivity index (χ0) is 10.2. The van der Waals surface area contributed by atoms with Crippen LogP contribution in [0.2, 0.25) is 0 Å². The molecule has 0 aliphatic heterocycles. The maximum atomic E-state index is 9.99. The topological polar surface area (TPSA) is 58.6 Å². The van der Waals surface area contributed by atoms with Gasteiger partial charge in [-0.2, -0.15) is 0 Å². The zero-order valence-corrected chi connectivity index (χ0v) is 8.48. The molecule has 0 aliphatic carbocycles. The Bertz CT molecular complexity index is 275. The Balaban J connectivity index is 2.08. The van der Waals surface area contributed by atoms with Gasteiger partial charge in [-0.25, -0.2) is 0 Å². The van der Waals surface area contributed by atoms with Gasteiger partial charge in [0, 0.05) is 0 Å². The summed E-state index contributed by atoms with van der Waals surface area (Å²) in [6.07, 6.45) is 0. The minimum atomic E-state index is -2.75. The molecule has 1 atom stereocenters. The molecule has 0 radical (unpaired) electrons. The van der Waals surface area contributed by atoms with Crippen molar-refractivity contribution in [1.82, 2.24) is 0 Å². The molecule has 0 spiro atoms. The third-order valence-electron chi connectivity index (χ3n) is 1.54. The van der Waals surface area contributed by atoms with Crippen LogP contribution < -0.4 is 4.89 Å². The van der Waals surface area contributed by atoms with Crippen LogP contribution in [0.3, 0.4) is 0 Å². The molecule has 4 nitrogen and oxygen atoms in total. The molecular weight excluding hydrogens is 203 g/mol. The van der Waals surface area contributed by atoms with Crippen LogP contribution in [0.4, 0.5) is 0 Å². The van der Waals surface area contributed by atoms with E-state index < -0.39 is 8.25 Å². The Kier molecular flexibility index (Phi) is 5.33. The molecule has 76 valence electrons. The van der Waals surface area contributed by atoms with Crippen molar-refractivity contribution in [2.45, 2.75) is 6.61 Å². The average molecular weight is 214 g/mol. The molecule has 0 N–H and O–H groups in total. The standard InChI is InChI=1S/C9H11O4P/c10-14(11)13-7-6-12-8-9-4-2-1-3-5-9/h1-5H,6-8H2. The Morgan fingerprint density at radius 3 is 2.57 bits per heavy atom. The largest absolute Gasteiger partial charge is 0.566 e. The van der Waals surface area contributed by atoms with Crippen LogP contribution in [0.1, 0.15) is 5.56 Å². The van der Waals surface area contributed by atoms with Crippen molar-refractivity contribution in [1.29, 1.82) is 0 Å². The van der Waals surface area contributed by atoms with Crippen LogP contribution in [-0.4, -0.2) is 13.2 Å². The van der Waals surface area contributed by atoms with Crippen molar-refractivity contribution in [3.05, 3.63) is 35.9 Å². The predicted molar refractivity (Wildman–Crippen MR) is 49.7 cm³/mol. The van der Waals surface area contributed by atoms with Gasteiger partial charge in [-0.05, 0) is 10.1 Å². The second kappa shape index (κ2) is 6.62. The highest BCUT2D eigenvalue weighted by Crippen LogP contribution is 2.07. The second-order valence-electron chi connectivity index (χ2n) is 2.60. The lowest BCUT2D eigenvalue weighted by atomic mass is 10.2. The smallest absolute Gasteiger partial charge is 0.488 e. The van der Waals surface area contributed by atoms with Gasteiger partial charge in [0.15, 0.2) is 0 Å². The van der Waals surface area contributed by atoms with E-state index in [9.17, 15) is 9.46 Å². The van der Waals surface area contributed by atoms with Crippen molar-refractivity contribution >= 4 is 8.25 Å². The van der Waals surface area contributed by atoms with Gasteiger partial charge in [0.25, 0.3) is 0 Å². The monoisotopic (exact) mass is 214 g/mol.